The molecule has 3 N–H and O–H groups in total. The van der Waals surface area contributed by atoms with Crippen LogP contribution in [-0.2, 0) is 11.3 Å². The highest BCUT2D eigenvalue weighted by atomic mass is 16.5. The van der Waals surface area contributed by atoms with E-state index in [1.807, 2.05) is 56.3 Å². The molecule has 130 valence electrons. The van der Waals surface area contributed by atoms with Crippen LogP contribution in [0.25, 0.3) is 11.0 Å². The molecule has 0 bridgehead atoms. The number of nitrogens with zero attached hydrogens (tertiary/aromatic N) is 1. The van der Waals surface area contributed by atoms with Crippen LogP contribution in [0.2, 0.25) is 0 Å². The lowest BCUT2D eigenvalue weighted by Gasteiger charge is -2.14. The molecule has 0 unspecified atom stereocenters. The third-order valence-corrected chi connectivity index (χ3v) is 3.92. The number of aliphatic hydroxyl groups is 1. The minimum absolute atomic E-state index is 0.0878. The second-order valence-corrected chi connectivity index (χ2v) is 5.98. The van der Waals surface area contributed by atoms with E-state index in [4.69, 9.17) is 4.74 Å². The van der Waals surface area contributed by atoms with Gasteiger partial charge >= 0.3 is 0 Å². The van der Waals surface area contributed by atoms with Gasteiger partial charge in [0.05, 0.1) is 11.0 Å². The van der Waals surface area contributed by atoms with E-state index in [2.05, 4.69) is 15.3 Å². The number of ether oxygens (including phenoxy) is 1. The fraction of sp³-hybridized carbons (Fsp3) is 0.263. The number of rotatable bonds is 6. The first-order valence-corrected chi connectivity index (χ1v) is 8.12. The summed E-state index contributed by atoms with van der Waals surface area (Å²) in [5.74, 6) is 1.05. The molecule has 3 aromatic rings. The van der Waals surface area contributed by atoms with E-state index in [0.29, 0.717) is 12.3 Å². The lowest BCUT2D eigenvalue weighted by atomic mass is 10.2. The molecule has 0 aliphatic rings. The minimum Gasteiger partial charge on any atom is -0.490 e. The predicted molar refractivity (Wildman–Crippen MR) is 95.4 cm³/mol. The summed E-state index contributed by atoms with van der Waals surface area (Å²) in [7, 11) is 0. The van der Waals surface area contributed by atoms with Crippen LogP contribution in [0.5, 0.6) is 5.75 Å². The molecule has 0 fully saturated rings. The van der Waals surface area contributed by atoms with Crippen molar-refractivity contribution in [2.45, 2.75) is 26.5 Å². The van der Waals surface area contributed by atoms with Crippen molar-refractivity contribution in [1.82, 2.24) is 15.3 Å². The molecule has 0 aliphatic carbocycles. The molecule has 1 aromatic heterocycles. The summed E-state index contributed by atoms with van der Waals surface area (Å²) in [5, 5.41) is 12.7. The molecule has 25 heavy (non-hydrogen) atoms. The summed E-state index contributed by atoms with van der Waals surface area (Å²) in [5.41, 5.74) is 3.70. The van der Waals surface area contributed by atoms with E-state index in [1.54, 1.807) is 0 Å². The number of aromatic nitrogens is 2. The number of amides is 1. The average Bonchev–Trinajstić information content (AvgIpc) is 2.97. The second kappa shape index (κ2) is 7.36. The number of imidazole rings is 1. The van der Waals surface area contributed by atoms with Crippen molar-refractivity contribution in [3.8, 4) is 5.75 Å². The van der Waals surface area contributed by atoms with Crippen LogP contribution in [0.15, 0.2) is 42.5 Å². The summed E-state index contributed by atoms with van der Waals surface area (Å²) in [6.45, 7) is 4.05. The first kappa shape index (κ1) is 17.0. The van der Waals surface area contributed by atoms with E-state index in [1.165, 1.54) is 0 Å². The molecule has 1 amide bonds. The smallest absolute Gasteiger partial charge is 0.252 e. The highest BCUT2D eigenvalue weighted by Crippen LogP contribution is 2.16. The van der Waals surface area contributed by atoms with Crippen molar-refractivity contribution in [2.24, 2.45) is 0 Å². The minimum atomic E-state index is -1.22. The number of hydrogen-bond acceptors (Lipinski definition) is 4. The Morgan fingerprint density at radius 1 is 1.28 bits per heavy atom. The van der Waals surface area contributed by atoms with Crippen LogP contribution in [0.3, 0.4) is 0 Å². The lowest BCUT2D eigenvalue weighted by Crippen LogP contribution is -2.37. The van der Waals surface area contributed by atoms with E-state index in [0.717, 1.165) is 28.0 Å². The zero-order valence-electron chi connectivity index (χ0n) is 14.2. The van der Waals surface area contributed by atoms with Gasteiger partial charge < -0.3 is 20.1 Å². The topological polar surface area (TPSA) is 87.2 Å². The Balaban J connectivity index is 1.53. The second-order valence-electron chi connectivity index (χ2n) is 5.98. The average molecular weight is 339 g/mol. The Hall–Kier alpha value is -2.86. The molecule has 2 aromatic carbocycles. The fourth-order valence-electron chi connectivity index (χ4n) is 2.56. The van der Waals surface area contributed by atoms with Crippen LogP contribution < -0.4 is 10.1 Å². The third kappa shape index (κ3) is 4.16. The number of nitrogens with one attached hydrogen (secondary N) is 2. The van der Waals surface area contributed by atoms with Gasteiger partial charge in [-0.15, -0.1) is 0 Å². The number of benzene rings is 2. The van der Waals surface area contributed by atoms with Gasteiger partial charge in [-0.3, -0.25) is 4.79 Å². The van der Waals surface area contributed by atoms with Crippen LogP contribution >= 0.6 is 0 Å². The molecule has 0 aliphatic heterocycles. The Labute approximate surface area is 145 Å². The number of aliphatic hydroxyl groups excluding tert-OH is 1. The Bertz CT molecular complexity index is 889. The highest BCUT2D eigenvalue weighted by molar-refractivity contribution is 5.81. The van der Waals surface area contributed by atoms with E-state index >= 15 is 0 Å². The maximum Gasteiger partial charge on any atom is 0.252 e. The summed E-state index contributed by atoms with van der Waals surface area (Å²) in [4.78, 5) is 19.5. The summed E-state index contributed by atoms with van der Waals surface area (Å²) >= 11 is 0. The molecular weight excluding hydrogens is 318 g/mol. The van der Waals surface area contributed by atoms with Gasteiger partial charge in [0.2, 0.25) is 0 Å². The fourth-order valence-corrected chi connectivity index (χ4v) is 2.56. The first-order valence-electron chi connectivity index (χ1n) is 8.12. The van der Waals surface area contributed by atoms with Gasteiger partial charge in [0, 0.05) is 6.54 Å². The number of carbonyl (C=O) groups is 1. The van der Waals surface area contributed by atoms with Gasteiger partial charge in [0.1, 0.15) is 18.2 Å². The molecular formula is C19H21N3O3. The normalized spacial score (nSPS) is 12.1. The molecule has 1 heterocycles. The number of H-pyrrole nitrogens is 1. The van der Waals surface area contributed by atoms with Crippen molar-refractivity contribution in [1.29, 1.82) is 0 Å². The highest BCUT2D eigenvalue weighted by Gasteiger charge is 2.16. The Morgan fingerprint density at radius 2 is 2.08 bits per heavy atom. The molecule has 3 rings (SSSR count). The number of hydrogen-bond donors (Lipinski definition) is 3. The number of fused-ring (bicyclic) bond motifs is 1. The monoisotopic (exact) mass is 339 g/mol. The number of aryl methyl sites for hydroxylation is 2. The first-order chi connectivity index (χ1) is 12.0. The molecule has 0 saturated carbocycles. The molecule has 1 atom stereocenters. The Morgan fingerprint density at radius 3 is 2.88 bits per heavy atom. The quantitative estimate of drug-likeness (QED) is 0.643. The lowest BCUT2D eigenvalue weighted by molar-refractivity contribution is -0.130. The van der Waals surface area contributed by atoms with Crippen LogP contribution in [0.1, 0.15) is 17.0 Å². The van der Waals surface area contributed by atoms with Crippen molar-refractivity contribution in [2.75, 3.05) is 6.61 Å². The van der Waals surface area contributed by atoms with Gasteiger partial charge in [0.15, 0.2) is 6.10 Å². The van der Waals surface area contributed by atoms with Gasteiger partial charge in [-0.05, 0) is 43.2 Å². The zero-order valence-corrected chi connectivity index (χ0v) is 14.2. The van der Waals surface area contributed by atoms with Gasteiger partial charge in [-0.2, -0.15) is 0 Å². The third-order valence-electron chi connectivity index (χ3n) is 3.92. The van der Waals surface area contributed by atoms with Crippen LogP contribution in [0.4, 0.5) is 0 Å². The molecule has 6 nitrogen and oxygen atoms in total. The summed E-state index contributed by atoms with van der Waals surface area (Å²) in [6, 6.07) is 13.2. The molecule has 0 radical (unpaired) electrons. The molecule has 6 heteroatoms. The summed E-state index contributed by atoms with van der Waals surface area (Å²) < 4.78 is 5.51. The summed E-state index contributed by atoms with van der Waals surface area (Å²) in [6.07, 6.45) is -1.22. The number of aromatic amines is 1. The molecule has 0 saturated heterocycles. The predicted octanol–water partition coefficient (Wildman–Crippen LogP) is 2.24. The van der Waals surface area contributed by atoms with E-state index < -0.39 is 12.0 Å². The SMILES string of the molecule is Cc1nc2ccc(CNC(=O)[C@H](O)COc3ccccc3C)cc2[nH]1. The van der Waals surface area contributed by atoms with Gasteiger partial charge in [-0.1, -0.05) is 24.3 Å². The number of para-hydroxylation sites is 1. The van der Waals surface area contributed by atoms with Gasteiger partial charge in [0.25, 0.3) is 5.91 Å². The van der Waals surface area contributed by atoms with Crippen molar-refractivity contribution < 1.29 is 14.6 Å². The number of carbonyl (C=O) groups excluding carboxylic acids is 1. The van der Waals surface area contributed by atoms with Crippen LogP contribution in [0, 0.1) is 13.8 Å². The molecule has 0 spiro atoms. The van der Waals surface area contributed by atoms with Crippen LogP contribution in [-0.4, -0.2) is 33.7 Å². The maximum absolute atomic E-state index is 12.0. The van der Waals surface area contributed by atoms with E-state index in [9.17, 15) is 9.90 Å². The van der Waals surface area contributed by atoms with Crippen molar-refractivity contribution >= 4 is 16.9 Å². The Kier molecular flexibility index (Phi) is 5.00. The van der Waals surface area contributed by atoms with Gasteiger partial charge in [-0.25, -0.2) is 4.98 Å². The zero-order chi connectivity index (χ0) is 17.8. The largest absolute Gasteiger partial charge is 0.490 e. The maximum atomic E-state index is 12.0. The van der Waals surface area contributed by atoms with Crippen molar-refractivity contribution in [3.63, 3.8) is 0 Å². The van der Waals surface area contributed by atoms with E-state index in [-0.39, 0.29) is 6.61 Å². The standard InChI is InChI=1S/C19H21N3O3/c1-12-5-3-4-6-18(12)25-11-17(23)19(24)20-10-14-7-8-15-16(9-14)22-13(2)21-15/h3-9,17,23H,10-11H2,1-2H3,(H,20,24)(H,21,22)/t17-/m1/s1. The van der Waals surface area contributed by atoms with Crippen molar-refractivity contribution in [3.05, 3.63) is 59.4 Å².